The van der Waals surface area contributed by atoms with E-state index in [1.807, 2.05) is 251 Å². The maximum atomic E-state index is 13.8. The van der Waals surface area contributed by atoms with Crippen molar-refractivity contribution in [3.05, 3.63) is 350 Å². The van der Waals surface area contributed by atoms with Gasteiger partial charge in [0.05, 0.1) is 43.2 Å². The van der Waals surface area contributed by atoms with Crippen molar-refractivity contribution in [1.82, 2.24) is 0 Å². The van der Waals surface area contributed by atoms with Gasteiger partial charge in [-0.15, -0.1) is 45.3 Å². The number of hydrogen-bond acceptors (Lipinski definition) is 16. The number of thiophene rings is 4. The third kappa shape index (κ3) is 17.5. The van der Waals surface area contributed by atoms with Crippen molar-refractivity contribution < 1.29 is 79.2 Å². The Labute approximate surface area is 766 Å². The first kappa shape index (κ1) is 88.3. The molecule has 16 aromatic rings. The first-order valence-electron chi connectivity index (χ1n) is 43.0. The molecule has 8 N–H and O–H groups in total. The van der Waals surface area contributed by atoms with Crippen LogP contribution in [-0.4, -0.2) is 87.9 Å². The van der Waals surface area contributed by atoms with Crippen LogP contribution in [-0.2, 0) is 19.2 Å². The number of fused-ring (bicyclic) bond motifs is 4. The van der Waals surface area contributed by atoms with Crippen LogP contribution >= 0.6 is 45.3 Å². The highest BCUT2D eigenvalue weighted by Crippen LogP contribution is 2.54. The summed E-state index contributed by atoms with van der Waals surface area (Å²) < 4.78 is 3.41. The number of aliphatic carboxylic acids is 4. The molecule has 4 fully saturated rings. The molecule has 0 saturated heterocycles. The molecule has 4 aliphatic carbocycles. The molecule has 8 atom stereocenters. The van der Waals surface area contributed by atoms with Crippen LogP contribution in [0.3, 0.4) is 0 Å². The Hall–Kier alpha value is -13.8. The van der Waals surface area contributed by atoms with Crippen molar-refractivity contribution in [2.45, 2.75) is 119 Å². The van der Waals surface area contributed by atoms with Gasteiger partial charge in [0, 0.05) is 84.9 Å². The standard InChI is InChI=1S/2C28H24O4S.2C27H22O4S/c2*1-14-10-15(2)24(16(3)11-14)26(30)27-25(20-9-8-19(29)12-23(20)33-27)18-6-4-17(5-7-18)21-13-22(21)28(31)32;1-14-3-9-19(15(2)11-14)25(29)26-24(20-10-8-18(28)12-23(20)32-26)17-6-4-16(5-7-17)21-13-22(21)27(30)31;1-14-4-3-5-15(2)23(14)25(29)26-24(19-11-10-18(28)12-22(19)32-26)17-8-6-16(7-9-17)20-13-21(20)27(30)31/h2*4-12,21-22,29H,13H2,1-3H3,(H,31,32);3-12,21-22,28H,13H2,1-2H3,(H,30,31);3-12,20-21,28H,13H2,1-2H3,(H,30,31). The molecule has 4 heterocycles. The normalized spacial score (nSPS) is 17.4. The van der Waals surface area contributed by atoms with E-state index < -0.39 is 23.9 Å². The number of benzene rings is 12. The first-order valence-corrected chi connectivity index (χ1v) is 46.3. The zero-order chi connectivity index (χ0) is 92.0. The highest BCUT2D eigenvalue weighted by atomic mass is 32.1. The van der Waals surface area contributed by atoms with Gasteiger partial charge in [-0.25, -0.2) is 0 Å². The van der Waals surface area contributed by atoms with Crippen LogP contribution in [0.2, 0.25) is 0 Å². The number of phenols is 4. The van der Waals surface area contributed by atoms with Gasteiger partial charge in [-0.05, 0) is 275 Å². The van der Waals surface area contributed by atoms with Crippen molar-refractivity contribution in [1.29, 1.82) is 0 Å². The molecular formula is C110H92O16S4. The van der Waals surface area contributed by atoms with Crippen molar-refractivity contribution in [3.63, 3.8) is 0 Å². The Kier molecular flexibility index (Phi) is 24.0. The van der Waals surface area contributed by atoms with E-state index in [4.69, 9.17) is 0 Å². The second-order valence-corrected chi connectivity index (χ2v) is 39.2. The number of carbonyl (C=O) groups is 8. The molecule has 20 rings (SSSR count). The van der Waals surface area contributed by atoms with Gasteiger partial charge >= 0.3 is 23.9 Å². The van der Waals surface area contributed by atoms with Crippen molar-refractivity contribution >= 4 is 133 Å². The van der Waals surface area contributed by atoms with Gasteiger partial charge in [-0.3, -0.25) is 38.4 Å². The van der Waals surface area contributed by atoms with Gasteiger partial charge in [-0.1, -0.05) is 174 Å². The van der Waals surface area contributed by atoms with E-state index in [2.05, 4.69) is 0 Å². The number of carbonyl (C=O) groups excluding carboxylic acids is 4. The molecule has 0 bridgehead atoms. The summed E-state index contributed by atoms with van der Waals surface area (Å²) >= 11 is 5.58. The molecule has 16 nitrogen and oxygen atoms in total. The lowest BCUT2D eigenvalue weighted by molar-refractivity contribution is -0.139. The minimum absolute atomic E-state index is 0.0158. The maximum Gasteiger partial charge on any atom is 0.307 e. The quantitative estimate of drug-likeness (QED) is 0.0329. The number of carboxylic acid groups (broad SMARTS) is 4. The van der Waals surface area contributed by atoms with Crippen LogP contribution in [0.25, 0.3) is 84.9 Å². The zero-order valence-electron chi connectivity index (χ0n) is 72.9. The van der Waals surface area contributed by atoms with E-state index in [1.165, 1.54) is 45.3 Å². The number of aromatic hydroxyl groups is 4. The van der Waals surface area contributed by atoms with Crippen LogP contribution < -0.4 is 0 Å². The Morgan fingerprint density at radius 2 is 0.492 bits per heavy atom. The largest absolute Gasteiger partial charge is 0.508 e. The van der Waals surface area contributed by atoms with E-state index in [9.17, 15) is 79.2 Å². The third-order valence-corrected chi connectivity index (χ3v) is 30.2. The Balaban J connectivity index is 0.000000121. The Morgan fingerprint density at radius 1 is 0.254 bits per heavy atom. The predicted octanol–water partition coefficient (Wildman–Crippen LogP) is 25.9. The molecule has 4 aliphatic rings. The predicted molar refractivity (Wildman–Crippen MR) is 517 cm³/mol. The average Bonchev–Trinajstić information content (AvgIpc) is 1.62. The molecule has 0 aliphatic heterocycles. The summed E-state index contributed by atoms with van der Waals surface area (Å²) in [7, 11) is 0. The Morgan fingerprint density at radius 3 is 0.731 bits per heavy atom. The molecule has 652 valence electrons. The molecule has 0 amide bonds. The summed E-state index contributed by atoms with van der Waals surface area (Å²) in [5.74, 6) is -3.35. The Bertz CT molecular complexity index is 7080. The van der Waals surface area contributed by atoms with E-state index in [0.29, 0.717) is 56.3 Å². The van der Waals surface area contributed by atoms with Crippen LogP contribution in [0.15, 0.2) is 231 Å². The molecule has 130 heavy (non-hydrogen) atoms. The summed E-state index contributed by atoms with van der Waals surface area (Å²) in [5.41, 5.74) is 23.9. The first-order chi connectivity index (χ1) is 62.2. The lowest BCUT2D eigenvalue weighted by Gasteiger charge is -2.11. The summed E-state index contributed by atoms with van der Waals surface area (Å²) in [4.78, 5) is 103. The van der Waals surface area contributed by atoms with Gasteiger partial charge in [0.1, 0.15) is 23.0 Å². The minimum atomic E-state index is -0.746. The highest BCUT2D eigenvalue weighted by Gasteiger charge is 2.47. The van der Waals surface area contributed by atoms with E-state index in [-0.39, 0.29) is 93.5 Å². The van der Waals surface area contributed by atoms with E-state index in [1.54, 1.807) is 48.5 Å². The summed E-state index contributed by atoms with van der Waals surface area (Å²) in [6.45, 7) is 19.8. The van der Waals surface area contributed by atoms with Crippen molar-refractivity contribution in [3.8, 4) is 67.5 Å². The van der Waals surface area contributed by atoms with Gasteiger partial charge < -0.3 is 40.9 Å². The molecule has 20 heteroatoms. The SMILES string of the molecule is Cc1cc(C)c(C(=O)c2sc3cc(O)ccc3c2-c2ccc(C3CC3C(=O)O)cc2)c(C)c1.Cc1cc(C)c(C(=O)c2sc3cc(O)ccc3c2-c2ccc(C3CC3C(=O)O)cc2)c(C)c1.Cc1ccc(C(=O)c2sc3cc(O)ccc3c2-c2ccc(C3CC3C(=O)O)cc2)c(C)c1.Cc1cccc(C)c1C(=O)c1sc2cc(O)ccc2c1-c1ccc(C2CC2C(=O)O)cc1. The number of phenolic OH excluding ortho intramolecular Hbond substituents is 4. The van der Waals surface area contributed by atoms with Crippen LogP contribution in [0.5, 0.6) is 23.0 Å². The van der Waals surface area contributed by atoms with Crippen LogP contribution in [0.4, 0.5) is 0 Å². The molecule has 8 unspecified atom stereocenters. The molecular weight excluding hydrogens is 1710 g/mol. The number of carboxylic acids is 4. The topological polar surface area (TPSA) is 298 Å². The second-order valence-electron chi connectivity index (χ2n) is 35.0. The highest BCUT2D eigenvalue weighted by molar-refractivity contribution is 7.23. The summed E-state index contributed by atoms with van der Waals surface area (Å²) in [6, 6.07) is 72.2. The lowest BCUT2D eigenvalue weighted by Crippen LogP contribution is -2.06. The zero-order valence-corrected chi connectivity index (χ0v) is 76.1. The van der Waals surface area contributed by atoms with Gasteiger partial charge in [0.25, 0.3) is 0 Å². The molecule has 0 radical (unpaired) electrons. The summed E-state index contributed by atoms with van der Waals surface area (Å²) in [5, 5.41) is 80.6. The van der Waals surface area contributed by atoms with Crippen molar-refractivity contribution in [2.75, 3.05) is 0 Å². The molecule has 4 aromatic heterocycles. The second kappa shape index (κ2) is 35.4. The number of hydrogen-bond donors (Lipinski definition) is 8. The molecule has 4 saturated carbocycles. The number of aryl methyl sites for hydroxylation is 10. The fraction of sp³-hybridized carbons (Fsp3) is 0.200. The number of ketones is 4. The van der Waals surface area contributed by atoms with Gasteiger partial charge in [0.15, 0.2) is 0 Å². The van der Waals surface area contributed by atoms with Gasteiger partial charge in [-0.2, -0.15) is 0 Å². The maximum absolute atomic E-state index is 13.8. The van der Waals surface area contributed by atoms with Gasteiger partial charge in [0.2, 0.25) is 23.1 Å². The minimum Gasteiger partial charge on any atom is -0.508 e. The lowest BCUT2D eigenvalue weighted by atomic mass is 9.92. The van der Waals surface area contributed by atoms with Crippen LogP contribution in [0.1, 0.15) is 188 Å². The monoisotopic (exact) mass is 1800 g/mol. The molecule has 12 aromatic carbocycles. The average molecular weight is 1800 g/mol. The molecule has 0 spiro atoms. The smallest absolute Gasteiger partial charge is 0.307 e. The number of rotatable bonds is 20. The third-order valence-electron chi connectivity index (χ3n) is 25.6. The summed E-state index contributed by atoms with van der Waals surface area (Å²) in [6.07, 6.45) is 2.69. The van der Waals surface area contributed by atoms with Crippen molar-refractivity contribution in [2.24, 2.45) is 23.7 Å². The fourth-order valence-corrected chi connectivity index (χ4v) is 23.7. The fourth-order valence-electron chi connectivity index (χ4n) is 18.8. The van der Waals surface area contributed by atoms with Crippen LogP contribution in [0, 0.1) is 92.9 Å². The van der Waals surface area contributed by atoms with E-state index >= 15 is 0 Å². The van der Waals surface area contributed by atoms with E-state index in [0.717, 1.165) is 174 Å².